The zero-order chi connectivity index (χ0) is 13.0. The summed E-state index contributed by atoms with van der Waals surface area (Å²) in [7, 11) is 0. The van der Waals surface area contributed by atoms with Gasteiger partial charge in [-0.15, -0.1) is 24.8 Å². The van der Waals surface area contributed by atoms with E-state index in [0.29, 0.717) is 5.69 Å². The number of hydrogen-bond acceptors (Lipinski definition) is 4. The summed E-state index contributed by atoms with van der Waals surface area (Å²) in [6.07, 6.45) is 5.44. The zero-order valence-electron chi connectivity index (χ0n) is 11.5. The lowest BCUT2D eigenvalue weighted by atomic mass is 10.1. The highest BCUT2D eigenvalue weighted by Gasteiger charge is 2.12. The van der Waals surface area contributed by atoms with Gasteiger partial charge in [0.25, 0.3) is 0 Å². The van der Waals surface area contributed by atoms with Crippen molar-refractivity contribution in [3.8, 4) is 0 Å². The molecular weight excluding hydrogens is 299 g/mol. The van der Waals surface area contributed by atoms with Crippen molar-refractivity contribution in [2.24, 2.45) is 5.73 Å². The normalized spacial score (nSPS) is 15.6. The topological polar surface area (TPSA) is 71.2 Å². The largest absolute Gasteiger partial charge is 0.357 e. The number of nitrogens with zero attached hydrogens (tertiary/aromatic N) is 2. The Hall–Kier alpha value is -1.04. The van der Waals surface area contributed by atoms with Crippen molar-refractivity contribution in [1.82, 2.24) is 4.98 Å². The van der Waals surface area contributed by atoms with Crippen LogP contribution in [0.1, 0.15) is 26.2 Å². The van der Waals surface area contributed by atoms with Gasteiger partial charge in [-0.2, -0.15) is 0 Å². The van der Waals surface area contributed by atoms with Crippen LogP contribution < -0.4 is 16.0 Å². The van der Waals surface area contributed by atoms with E-state index < -0.39 is 6.04 Å². The summed E-state index contributed by atoms with van der Waals surface area (Å²) in [4.78, 5) is 18.1. The Labute approximate surface area is 132 Å². The van der Waals surface area contributed by atoms with Gasteiger partial charge in [0.1, 0.15) is 5.82 Å². The summed E-state index contributed by atoms with van der Waals surface area (Å²) < 4.78 is 0. The Morgan fingerprint density at radius 1 is 1.30 bits per heavy atom. The van der Waals surface area contributed by atoms with E-state index in [1.807, 2.05) is 12.1 Å². The van der Waals surface area contributed by atoms with Crippen LogP contribution >= 0.6 is 24.8 Å². The van der Waals surface area contributed by atoms with Gasteiger partial charge in [0.05, 0.1) is 17.9 Å². The fraction of sp³-hybridized carbons (Fsp3) is 0.538. The molecule has 0 saturated carbocycles. The standard InChI is InChI=1S/C13H20N4O.2ClH/c1-10(14)13(18)16-11-5-6-12(15-9-11)17-7-3-2-4-8-17;;/h5-6,9-10H,2-4,7-8,14H2,1H3,(H,16,18);2*1H/t10-;;/m0../s1. The lowest BCUT2D eigenvalue weighted by Gasteiger charge is -2.27. The first-order valence-corrected chi connectivity index (χ1v) is 6.44. The minimum atomic E-state index is -0.508. The van der Waals surface area contributed by atoms with Crippen LogP contribution in [0.25, 0.3) is 0 Å². The molecule has 1 atom stereocenters. The quantitative estimate of drug-likeness (QED) is 0.895. The molecule has 3 N–H and O–H groups in total. The van der Waals surface area contributed by atoms with Crippen molar-refractivity contribution in [1.29, 1.82) is 0 Å². The van der Waals surface area contributed by atoms with Crippen LogP contribution in [0.2, 0.25) is 0 Å². The molecule has 0 spiro atoms. The number of rotatable bonds is 3. The smallest absolute Gasteiger partial charge is 0.241 e. The van der Waals surface area contributed by atoms with Crippen molar-refractivity contribution in [3.63, 3.8) is 0 Å². The van der Waals surface area contributed by atoms with Crippen molar-refractivity contribution < 1.29 is 4.79 Å². The molecule has 2 rings (SSSR count). The zero-order valence-corrected chi connectivity index (χ0v) is 13.2. The first kappa shape index (κ1) is 19.0. The molecule has 5 nitrogen and oxygen atoms in total. The van der Waals surface area contributed by atoms with E-state index in [-0.39, 0.29) is 30.7 Å². The number of carbonyl (C=O) groups excluding carboxylic acids is 1. The highest BCUT2D eigenvalue weighted by Crippen LogP contribution is 2.18. The van der Waals surface area contributed by atoms with Crippen LogP contribution in [0.5, 0.6) is 0 Å². The van der Waals surface area contributed by atoms with E-state index in [1.165, 1.54) is 19.3 Å². The van der Waals surface area contributed by atoms with Gasteiger partial charge in [0.15, 0.2) is 0 Å². The number of amides is 1. The second kappa shape index (κ2) is 9.00. The molecule has 7 heteroatoms. The summed E-state index contributed by atoms with van der Waals surface area (Å²) in [6, 6.07) is 3.31. The highest BCUT2D eigenvalue weighted by atomic mass is 35.5. The number of nitrogens with two attached hydrogens (primary N) is 1. The summed E-state index contributed by atoms with van der Waals surface area (Å²) in [5.41, 5.74) is 6.18. The van der Waals surface area contributed by atoms with Crippen LogP contribution in [-0.4, -0.2) is 30.0 Å². The molecule has 1 aliphatic heterocycles. The lowest BCUT2D eigenvalue weighted by Crippen LogP contribution is -2.32. The second-order valence-corrected chi connectivity index (χ2v) is 4.73. The van der Waals surface area contributed by atoms with Gasteiger partial charge in [-0.3, -0.25) is 4.79 Å². The highest BCUT2D eigenvalue weighted by molar-refractivity contribution is 5.94. The minimum Gasteiger partial charge on any atom is -0.357 e. The van der Waals surface area contributed by atoms with Gasteiger partial charge < -0.3 is 16.0 Å². The average molecular weight is 321 g/mol. The molecule has 2 heterocycles. The Balaban J connectivity index is 0.00000180. The lowest BCUT2D eigenvalue weighted by molar-refractivity contribution is -0.117. The van der Waals surface area contributed by atoms with Crippen LogP contribution in [-0.2, 0) is 4.79 Å². The molecule has 1 saturated heterocycles. The first-order chi connectivity index (χ1) is 8.66. The maximum atomic E-state index is 11.4. The molecule has 0 unspecified atom stereocenters. The van der Waals surface area contributed by atoms with Gasteiger partial charge in [0.2, 0.25) is 5.91 Å². The molecule has 1 amide bonds. The molecule has 0 radical (unpaired) electrons. The van der Waals surface area contributed by atoms with E-state index in [0.717, 1.165) is 18.9 Å². The SMILES string of the molecule is C[C@H](N)C(=O)Nc1ccc(N2CCCCC2)nc1.Cl.Cl. The second-order valence-electron chi connectivity index (χ2n) is 4.73. The molecule has 1 aromatic rings. The fourth-order valence-corrected chi connectivity index (χ4v) is 2.03. The van der Waals surface area contributed by atoms with Crippen LogP contribution in [0.4, 0.5) is 11.5 Å². The van der Waals surface area contributed by atoms with Crippen LogP contribution in [0.3, 0.4) is 0 Å². The number of pyridine rings is 1. The van der Waals surface area contributed by atoms with E-state index >= 15 is 0 Å². The predicted octanol–water partition coefficient (Wildman–Crippen LogP) is 2.20. The maximum Gasteiger partial charge on any atom is 0.241 e. The third kappa shape index (κ3) is 5.15. The molecule has 1 fully saturated rings. The van der Waals surface area contributed by atoms with Gasteiger partial charge in [-0.05, 0) is 38.3 Å². The Morgan fingerprint density at radius 3 is 2.45 bits per heavy atom. The predicted molar refractivity (Wildman–Crippen MR) is 87.1 cm³/mol. The summed E-state index contributed by atoms with van der Waals surface area (Å²) in [5.74, 6) is 0.788. The summed E-state index contributed by atoms with van der Waals surface area (Å²) in [6.45, 7) is 3.79. The number of halogens is 2. The van der Waals surface area contributed by atoms with Gasteiger partial charge in [-0.25, -0.2) is 4.98 Å². The molecule has 114 valence electrons. The number of carbonyl (C=O) groups is 1. The summed E-state index contributed by atoms with van der Waals surface area (Å²) in [5, 5.41) is 2.73. The third-order valence-electron chi connectivity index (χ3n) is 3.11. The average Bonchev–Trinajstić information content (AvgIpc) is 2.40. The molecule has 0 bridgehead atoms. The molecule has 0 aliphatic carbocycles. The fourth-order valence-electron chi connectivity index (χ4n) is 2.03. The summed E-state index contributed by atoms with van der Waals surface area (Å²) >= 11 is 0. The number of anilines is 2. The third-order valence-corrected chi connectivity index (χ3v) is 3.11. The number of hydrogen-bond donors (Lipinski definition) is 2. The molecule has 20 heavy (non-hydrogen) atoms. The van der Waals surface area contributed by atoms with E-state index in [9.17, 15) is 4.79 Å². The monoisotopic (exact) mass is 320 g/mol. The van der Waals surface area contributed by atoms with Crippen molar-refractivity contribution >= 4 is 42.2 Å². The van der Waals surface area contributed by atoms with Crippen LogP contribution in [0, 0.1) is 0 Å². The van der Waals surface area contributed by atoms with E-state index in [2.05, 4.69) is 15.2 Å². The maximum absolute atomic E-state index is 11.4. The Bertz CT molecular complexity index is 405. The molecule has 1 aromatic heterocycles. The number of aromatic nitrogens is 1. The van der Waals surface area contributed by atoms with Crippen molar-refractivity contribution in [2.75, 3.05) is 23.3 Å². The number of nitrogens with one attached hydrogen (secondary N) is 1. The van der Waals surface area contributed by atoms with E-state index in [1.54, 1.807) is 13.1 Å². The molecule has 1 aliphatic rings. The van der Waals surface area contributed by atoms with Gasteiger partial charge in [0, 0.05) is 13.1 Å². The minimum absolute atomic E-state index is 0. The van der Waals surface area contributed by atoms with E-state index in [4.69, 9.17) is 5.73 Å². The Morgan fingerprint density at radius 2 is 1.95 bits per heavy atom. The number of piperidine rings is 1. The van der Waals surface area contributed by atoms with Crippen LogP contribution in [0.15, 0.2) is 18.3 Å². The molecular formula is C13H22Cl2N4O. The van der Waals surface area contributed by atoms with Crippen molar-refractivity contribution in [2.45, 2.75) is 32.2 Å². The first-order valence-electron chi connectivity index (χ1n) is 6.44. The Kier molecular flexibility index (Phi) is 8.53. The van der Waals surface area contributed by atoms with Gasteiger partial charge in [-0.1, -0.05) is 0 Å². The van der Waals surface area contributed by atoms with Gasteiger partial charge >= 0.3 is 0 Å². The van der Waals surface area contributed by atoms with Crippen molar-refractivity contribution in [3.05, 3.63) is 18.3 Å². The molecule has 0 aromatic carbocycles.